The minimum Gasteiger partial charge on any atom is -0.399 e. The van der Waals surface area contributed by atoms with Crippen molar-refractivity contribution in [2.45, 2.75) is 4.90 Å². The quantitative estimate of drug-likeness (QED) is 0.558. The van der Waals surface area contributed by atoms with Gasteiger partial charge < -0.3 is 5.73 Å². The smallest absolute Gasteiger partial charge is 0.124 e. The number of aromatic nitrogens is 1. The minimum atomic E-state index is 0.739. The lowest BCUT2D eigenvalue weighted by molar-refractivity contribution is 1.37. The second-order valence-corrected chi connectivity index (χ2v) is 3.99. The van der Waals surface area contributed by atoms with E-state index in [0.717, 1.165) is 21.2 Å². The van der Waals surface area contributed by atoms with Crippen molar-refractivity contribution in [1.82, 2.24) is 4.98 Å². The highest BCUT2D eigenvalue weighted by Gasteiger charge is 2.04. The normalized spacial score (nSPS) is 10.2. The van der Waals surface area contributed by atoms with E-state index in [9.17, 15) is 0 Å². The van der Waals surface area contributed by atoms with E-state index in [1.54, 1.807) is 17.5 Å². The van der Waals surface area contributed by atoms with Crippen LogP contribution in [0, 0.1) is 0 Å². The molecule has 0 saturated heterocycles. The molecule has 2 aromatic rings. The lowest BCUT2D eigenvalue weighted by Gasteiger charge is -2.01. The van der Waals surface area contributed by atoms with Gasteiger partial charge in [-0.3, -0.25) is 0 Å². The van der Waals surface area contributed by atoms with Crippen LogP contribution in [0.25, 0.3) is 10.6 Å². The summed E-state index contributed by atoms with van der Waals surface area (Å²) >= 11 is 5.93. The Morgan fingerprint density at radius 3 is 2.92 bits per heavy atom. The van der Waals surface area contributed by atoms with Crippen LogP contribution in [0.15, 0.2) is 34.7 Å². The molecule has 1 aromatic carbocycles. The zero-order valence-electron chi connectivity index (χ0n) is 6.77. The van der Waals surface area contributed by atoms with E-state index in [1.807, 2.05) is 23.6 Å². The Balaban J connectivity index is 2.57. The maximum absolute atomic E-state index is 5.68. The van der Waals surface area contributed by atoms with Crippen LogP contribution in [0.2, 0.25) is 0 Å². The van der Waals surface area contributed by atoms with Crippen LogP contribution >= 0.6 is 24.0 Å². The van der Waals surface area contributed by atoms with Gasteiger partial charge in [-0.1, -0.05) is 0 Å². The van der Waals surface area contributed by atoms with E-state index < -0.39 is 0 Å². The minimum absolute atomic E-state index is 0.739. The Morgan fingerprint density at radius 1 is 1.38 bits per heavy atom. The largest absolute Gasteiger partial charge is 0.399 e. The Hall–Kier alpha value is -1.00. The molecule has 0 unspecified atom stereocenters. The highest BCUT2D eigenvalue weighted by Crippen LogP contribution is 2.29. The van der Waals surface area contributed by atoms with E-state index in [-0.39, 0.29) is 0 Å². The van der Waals surface area contributed by atoms with E-state index >= 15 is 0 Å². The fourth-order valence-electron chi connectivity index (χ4n) is 1.08. The fourth-order valence-corrected chi connectivity index (χ4v) is 2.07. The molecule has 2 nitrogen and oxygen atoms in total. The maximum atomic E-state index is 5.68. The molecule has 0 saturated carbocycles. The number of rotatable bonds is 1. The second kappa shape index (κ2) is 3.40. The lowest BCUT2D eigenvalue weighted by atomic mass is 10.2. The van der Waals surface area contributed by atoms with Gasteiger partial charge >= 0.3 is 0 Å². The molecule has 0 fully saturated rings. The predicted octanol–water partition coefficient (Wildman–Crippen LogP) is 2.68. The Kier molecular flexibility index (Phi) is 2.24. The second-order valence-electron chi connectivity index (χ2n) is 2.61. The van der Waals surface area contributed by atoms with Crippen molar-refractivity contribution in [3.8, 4) is 10.6 Å². The molecule has 0 bridgehead atoms. The molecule has 0 aliphatic carbocycles. The molecule has 0 aliphatic rings. The highest BCUT2D eigenvalue weighted by molar-refractivity contribution is 7.80. The van der Waals surface area contributed by atoms with Crippen LogP contribution in [-0.2, 0) is 0 Å². The summed E-state index contributed by atoms with van der Waals surface area (Å²) in [7, 11) is 0. The van der Waals surface area contributed by atoms with Crippen LogP contribution < -0.4 is 5.73 Å². The van der Waals surface area contributed by atoms with Gasteiger partial charge in [-0.15, -0.1) is 24.0 Å². The summed E-state index contributed by atoms with van der Waals surface area (Å²) in [5, 5.41) is 2.89. The van der Waals surface area contributed by atoms with Crippen LogP contribution in [0.1, 0.15) is 0 Å². The van der Waals surface area contributed by atoms with Gasteiger partial charge in [-0.05, 0) is 18.2 Å². The molecule has 4 heteroatoms. The molecule has 0 spiro atoms. The number of nitrogen functional groups attached to an aromatic ring is 1. The van der Waals surface area contributed by atoms with Crippen molar-refractivity contribution in [2.24, 2.45) is 0 Å². The van der Waals surface area contributed by atoms with Gasteiger partial charge in [0.2, 0.25) is 0 Å². The first-order valence-corrected chi connectivity index (χ1v) is 5.08. The SMILES string of the molecule is Nc1ccc(S)c(-c2nccs2)c1. The highest BCUT2D eigenvalue weighted by atomic mass is 32.1. The molecule has 0 radical (unpaired) electrons. The molecule has 2 N–H and O–H groups in total. The summed E-state index contributed by atoms with van der Waals surface area (Å²) in [6.07, 6.45) is 1.77. The fraction of sp³-hybridized carbons (Fsp3) is 0. The third kappa shape index (κ3) is 1.68. The number of thiazole rings is 1. The Bertz CT molecular complexity index is 410. The van der Waals surface area contributed by atoms with Gasteiger partial charge in [0.05, 0.1) is 0 Å². The predicted molar refractivity (Wildman–Crippen MR) is 59.2 cm³/mol. The first-order chi connectivity index (χ1) is 6.27. The molecule has 2 rings (SSSR count). The first kappa shape index (κ1) is 8.59. The summed E-state index contributed by atoms with van der Waals surface area (Å²) in [6.45, 7) is 0. The summed E-state index contributed by atoms with van der Waals surface area (Å²) in [4.78, 5) is 5.11. The van der Waals surface area contributed by atoms with E-state index in [1.165, 1.54) is 0 Å². The van der Waals surface area contributed by atoms with Crippen molar-refractivity contribution in [3.63, 3.8) is 0 Å². The molecule has 13 heavy (non-hydrogen) atoms. The molecular formula is C9H8N2S2. The van der Waals surface area contributed by atoms with E-state index in [0.29, 0.717) is 0 Å². The first-order valence-electron chi connectivity index (χ1n) is 3.76. The maximum Gasteiger partial charge on any atom is 0.124 e. The zero-order valence-corrected chi connectivity index (χ0v) is 8.48. The van der Waals surface area contributed by atoms with Crippen molar-refractivity contribution < 1.29 is 0 Å². The molecule has 0 amide bonds. The summed E-state index contributed by atoms with van der Waals surface area (Å²) in [5.74, 6) is 0. The topological polar surface area (TPSA) is 38.9 Å². The molecule has 0 aliphatic heterocycles. The van der Waals surface area contributed by atoms with Gasteiger partial charge in [-0.25, -0.2) is 4.98 Å². The Morgan fingerprint density at radius 2 is 2.23 bits per heavy atom. The zero-order chi connectivity index (χ0) is 9.26. The summed E-state index contributed by atoms with van der Waals surface area (Å²) in [5.41, 5.74) is 7.41. The number of hydrogen-bond donors (Lipinski definition) is 2. The van der Waals surface area contributed by atoms with Gasteiger partial charge in [0, 0.05) is 27.7 Å². The third-order valence-electron chi connectivity index (χ3n) is 1.68. The van der Waals surface area contributed by atoms with Crippen molar-refractivity contribution in [2.75, 3.05) is 5.73 Å². The van der Waals surface area contributed by atoms with Crippen molar-refractivity contribution >= 4 is 29.7 Å². The number of benzene rings is 1. The lowest BCUT2D eigenvalue weighted by Crippen LogP contribution is -1.86. The average molecular weight is 208 g/mol. The molecule has 1 aromatic heterocycles. The standard InChI is InChI=1S/C9H8N2S2/c10-6-1-2-8(12)7(5-6)9-11-3-4-13-9/h1-5,12H,10H2. The third-order valence-corrected chi connectivity index (χ3v) is 2.88. The van der Waals surface area contributed by atoms with Gasteiger partial charge in [0.25, 0.3) is 0 Å². The molecule has 0 atom stereocenters. The van der Waals surface area contributed by atoms with Crippen LogP contribution in [0.3, 0.4) is 0 Å². The number of anilines is 1. The summed E-state index contributed by atoms with van der Waals surface area (Å²) < 4.78 is 0. The van der Waals surface area contributed by atoms with Crippen molar-refractivity contribution in [1.29, 1.82) is 0 Å². The Labute approximate surface area is 85.8 Å². The van der Waals surface area contributed by atoms with Crippen LogP contribution in [0.4, 0.5) is 5.69 Å². The van der Waals surface area contributed by atoms with Crippen molar-refractivity contribution in [3.05, 3.63) is 29.8 Å². The number of thiol groups is 1. The monoisotopic (exact) mass is 208 g/mol. The van der Waals surface area contributed by atoms with E-state index in [4.69, 9.17) is 5.73 Å². The van der Waals surface area contributed by atoms with Gasteiger partial charge in [0.15, 0.2) is 0 Å². The molecule has 1 heterocycles. The van der Waals surface area contributed by atoms with Gasteiger partial charge in [0.1, 0.15) is 5.01 Å². The summed E-state index contributed by atoms with van der Waals surface area (Å²) in [6, 6.07) is 5.61. The molecular weight excluding hydrogens is 200 g/mol. The number of nitrogens with zero attached hydrogens (tertiary/aromatic N) is 1. The van der Waals surface area contributed by atoms with Gasteiger partial charge in [-0.2, -0.15) is 0 Å². The number of hydrogen-bond acceptors (Lipinski definition) is 4. The number of nitrogens with two attached hydrogens (primary N) is 1. The van der Waals surface area contributed by atoms with E-state index in [2.05, 4.69) is 17.6 Å². The molecule has 66 valence electrons. The average Bonchev–Trinajstić information content (AvgIpc) is 2.61. The van der Waals surface area contributed by atoms with Crippen LogP contribution in [-0.4, -0.2) is 4.98 Å². The van der Waals surface area contributed by atoms with Crippen LogP contribution in [0.5, 0.6) is 0 Å².